The van der Waals surface area contributed by atoms with Crippen molar-refractivity contribution >= 4 is 27.5 Å². The van der Waals surface area contributed by atoms with Crippen LogP contribution < -0.4 is 27.6 Å². The predicted molar refractivity (Wildman–Crippen MR) is 85.1 cm³/mol. The number of aromatic amines is 1. The molecule has 0 fully saturated rings. The summed E-state index contributed by atoms with van der Waals surface area (Å²) in [5.41, 5.74) is 4.85. The first-order valence-electron chi connectivity index (χ1n) is 6.88. The van der Waals surface area contributed by atoms with E-state index in [1.807, 2.05) is 7.05 Å². The van der Waals surface area contributed by atoms with E-state index in [0.717, 1.165) is 6.54 Å². The van der Waals surface area contributed by atoms with Crippen molar-refractivity contribution in [3.63, 3.8) is 0 Å². The first-order chi connectivity index (χ1) is 9.67. The zero-order valence-electron chi connectivity index (χ0n) is 12.6. The van der Waals surface area contributed by atoms with Crippen LogP contribution in [-0.4, -0.2) is 21.1 Å². The monoisotopic (exact) mass is 301 g/mol. The lowest BCUT2D eigenvalue weighted by molar-refractivity contribution is -0.310. The standard InChI is InChI=1S/C17H19N3.ClH/c1-18-11-12-4-5-13-9-14-6-7-15(20(2)3)10-17(14)19-16(13)8-12;/h4-10,18H,11H2,1-3H3;1H. The van der Waals surface area contributed by atoms with Crippen molar-refractivity contribution in [3.05, 3.63) is 48.0 Å². The van der Waals surface area contributed by atoms with E-state index in [0.29, 0.717) is 0 Å². The fraction of sp³-hybridized carbons (Fsp3) is 0.235. The Balaban J connectivity index is 0.00000161. The normalized spacial score (nSPS) is 10.6. The summed E-state index contributed by atoms with van der Waals surface area (Å²) in [6.45, 7) is 0.888. The summed E-state index contributed by atoms with van der Waals surface area (Å²) in [5, 5.41) is 5.67. The fourth-order valence-electron chi connectivity index (χ4n) is 2.52. The van der Waals surface area contributed by atoms with Crippen molar-refractivity contribution in [1.29, 1.82) is 0 Å². The number of nitrogens with zero attached hydrogens (tertiary/aromatic N) is 1. The number of hydrogen-bond donors (Lipinski definition) is 1. The first-order valence-corrected chi connectivity index (χ1v) is 6.88. The van der Waals surface area contributed by atoms with E-state index in [9.17, 15) is 0 Å². The number of aromatic nitrogens is 1. The predicted octanol–water partition coefficient (Wildman–Crippen LogP) is -0.403. The van der Waals surface area contributed by atoms with Gasteiger partial charge >= 0.3 is 0 Å². The number of anilines is 1. The van der Waals surface area contributed by atoms with Crippen LogP contribution in [0.3, 0.4) is 0 Å². The average Bonchev–Trinajstić information content (AvgIpc) is 2.44. The number of benzene rings is 2. The lowest BCUT2D eigenvalue weighted by atomic mass is 10.1. The number of nitrogens with one attached hydrogen (secondary N) is 2. The number of hydrogen-bond acceptors (Lipinski definition) is 2. The molecule has 0 aliphatic rings. The Morgan fingerprint density at radius 3 is 2.29 bits per heavy atom. The molecule has 1 aromatic heterocycles. The molecule has 3 rings (SSSR count). The average molecular weight is 302 g/mol. The van der Waals surface area contributed by atoms with Gasteiger partial charge in [-0.2, -0.15) is 0 Å². The van der Waals surface area contributed by atoms with Gasteiger partial charge in [0.15, 0.2) is 0 Å². The summed E-state index contributed by atoms with van der Waals surface area (Å²) in [6, 6.07) is 15.3. The molecule has 110 valence electrons. The van der Waals surface area contributed by atoms with Gasteiger partial charge in [-0.1, -0.05) is 6.07 Å². The number of halogens is 1. The van der Waals surface area contributed by atoms with Gasteiger partial charge in [-0.15, -0.1) is 0 Å². The zero-order valence-corrected chi connectivity index (χ0v) is 13.3. The third-order valence-corrected chi connectivity index (χ3v) is 3.63. The summed E-state index contributed by atoms with van der Waals surface area (Å²) in [4.78, 5) is 5.67. The fourth-order valence-corrected chi connectivity index (χ4v) is 2.52. The maximum Gasteiger partial charge on any atom is 0.213 e. The van der Waals surface area contributed by atoms with Gasteiger partial charge in [-0.05, 0) is 36.9 Å². The molecule has 1 heterocycles. The third-order valence-electron chi connectivity index (χ3n) is 3.63. The molecule has 0 saturated carbocycles. The molecule has 21 heavy (non-hydrogen) atoms. The molecule has 3 nitrogen and oxygen atoms in total. The number of fused-ring (bicyclic) bond motifs is 2. The lowest BCUT2D eigenvalue weighted by Gasteiger charge is -2.11. The summed E-state index contributed by atoms with van der Waals surface area (Å²) in [7, 11) is 6.10. The van der Waals surface area contributed by atoms with Crippen molar-refractivity contribution < 1.29 is 17.4 Å². The Labute approximate surface area is 131 Å². The first kappa shape index (κ1) is 15.5. The van der Waals surface area contributed by atoms with E-state index >= 15 is 0 Å². The highest BCUT2D eigenvalue weighted by Gasteiger charge is 2.08. The van der Waals surface area contributed by atoms with Crippen LogP contribution in [0.15, 0.2) is 42.5 Å². The summed E-state index contributed by atoms with van der Waals surface area (Å²) in [6.07, 6.45) is 0. The Kier molecular flexibility index (Phi) is 4.66. The van der Waals surface area contributed by atoms with Crippen LogP contribution in [0.2, 0.25) is 0 Å². The van der Waals surface area contributed by atoms with Crippen molar-refractivity contribution in [2.24, 2.45) is 0 Å². The smallest absolute Gasteiger partial charge is 0.213 e. The topological polar surface area (TPSA) is 29.4 Å². The second-order valence-electron chi connectivity index (χ2n) is 5.39. The van der Waals surface area contributed by atoms with Gasteiger partial charge < -0.3 is 22.6 Å². The molecule has 2 N–H and O–H groups in total. The molecule has 0 bridgehead atoms. The summed E-state index contributed by atoms with van der Waals surface area (Å²) >= 11 is 0. The van der Waals surface area contributed by atoms with Crippen molar-refractivity contribution in [3.8, 4) is 0 Å². The van der Waals surface area contributed by atoms with Gasteiger partial charge in [-0.3, -0.25) is 0 Å². The second-order valence-corrected chi connectivity index (χ2v) is 5.39. The van der Waals surface area contributed by atoms with Gasteiger partial charge in [0.2, 0.25) is 11.0 Å². The lowest BCUT2D eigenvalue weighted by Crippen LogP contribution is -3.00. The Morgan fingerprint density at radius 2 is 1.62 bits per heavy atom. The molecule has 2 aromatic carbocycles. The van der Waals surface area contributed by atoms with Crippen LogP contribution in [0.4, 0.5) is 5.69 Å². The van der Waals surface area contributed by atoms with Gasteiger partial charge in [-0.25, -0.2) is 4.98 Å². The van der Waals surface area contributed by atoms with E-state index in [1.54, 1.807) is 0 Å². The largest absolute Gasteiger partial charge is 1.00 e. The van der Waals surface area contributed by atoms with Gasteiger partial charge in [0.05, 0.1) is 0 Å². The van der Waals surface area contributed by atoms with Gasteiger partial charge in [0.1, 0.15) is 0 Å². The summed E-state index contributed by atoms with van der Waals surface area (Å²) < 4.78 is 0. The van der Waals surface area contributed by atoms with Gasteiger partial charge in [0, 0.05) is 49.2 Å². The molecule has 0 saturated heterocycles. The SMILES string of the molecule is CNCc1ccc2cc3ccc(N(C)C)cc3[nH+]c2c1.[Cl-]. The van der Waals surface area contributed by atoms with Crippen LogP contribution in [0.25, 0.3) is 21.8 Å². The molecule has 3 aromatic rings. The maximum atomic E-state index is 3.55. The number of H-pyrrole nitrogens is 1. The third kappa shape index (κ3) is 3.09. The Hall–Kier alpha value is -1.84. The highest BCUT2D eigenvalue weighted by molar-refractivity contribution is 5.90. The summed E-state index contributed by atoms with van der Waals surface area (Å²) in [5.74, 6) is 0. The number of pyridine rings is 1. The second kappa shape index (κ2) is 6.29. The molecule has 0 aliphatic heterocycles. The van der Waals surface area contributed by atoms with Crippen molar-refractivity contribution in [2.45, 2.75) is 6.54 Å². The van der Waals surface area contributed by atoms with Crippen LogP contribution in [0, 0.1) is 0 Å². The van der Waals surface area contributed by atoms with Crippen LogP contribution >= 0.6 is 0 Å². The number of rotatable bonds is 3. The maximum absolute atomic E-state index is 3.55. The van der Waals surface area contributed by atoms with Crippen molar-refractivity contribution in [1.82, 2.24) is 5.32 Å². The molecule has 0 unspecified atom stereocenters. The highest BCUT2D eigenvalue weighted by Crippen LogP contribution is 2.21. The highest BCUT2D eigenvalue weighted by atomic mass is 35.5. The quantitative estimate of drug-likeness (QED) is 0.667. The van der Waals surface area contributed by atoms with E-state index in [1.165, 1.54) is 33.1 Å². The van der Waals surface area contributed by atoms with E-state index in [4.69, 9.17) is 0 Å². The molecular weight excluding hydrogens is 282 g/mol. The molecule has 0 spiro atoms. The zero-order chi connectivity index (χ0) is 14.1. The van der Waals surface area contributed by atoms with Crippen LogP contribution in [0.5, 0.6) is 0 Å². The molecule has 0 radical (unpaired) electrons. The minimum atomic E-state index is 0. The van der Waals surface area contributed by atoms with E-state index in [-0.39, 0.29) is 12.4 Å². The van der Waals surface area contributed by atoms with Crippen LogP contribution in [0.1, 0.15) is 5.56 Å². The molecule has 0 amide bonds. The van der Waals surface area contributed by atoms with Gasteiger partial charge in [0.25, 0.3) is 0 Å². The minimum Gasteiger partial charge on any atom is -1.00 e. The Bertz CT molecular complexity index is 768. The van der Waals surface area contributed by atoms with Crippen LogP contribution in [-0.2, 0) is 6.54 Å². The molecule has 0 atom stereocenters. The minimum absolute atomic E-state index is 0. The molecule has 0 aliphatic carbocycles. The van der Waals surface area contributed by atoms with Crippen molar-refractivity contribution in [2.75, 3.05) is 26.0 Å². The Morgan fingerprint density at radius 1 is 0.952 bits per heavy atom. The van der Waals surface area contributed by atoms with E-state index < -0.39 is 0 Å². The van der Waals surface area contributed by atoms with E-state index in [2.05, 4.69) is 71.8 Å². The molecular formula is C17H20ClN3. The molecule has 4 heteroatoms.